The Balaban J connectivity index is 1.33. The SMILES string of the molecule is C[C@H](Cc1cnccn1)NC(=O)N1CCC(c2nc3ccccc3n2C)CC1. The van der Waals surface area contributed by atoms with Gasteiger partial charge in [-0.1, -0.05) is 12.1 Å². The van der Waals surface area contributed by atoms with Gasteiger partial charge in [0.15, 0.2) is 0 Å². The van der Waals surface area contributed by atoms with Crippen molar-refractivity contribution in [3.05, 3.63) is 54.4 Å². The molecule has 1 aliphatic heterocycles. The van der Waals surface area contributed by atoms with Crippen LogP contribution in [0.4, 0.5) is 4.79 Å². The number of nitrogens with one attached hydrogen (secondary N) is 1. The fraction of sp³-hybridized carbons (Fsp3) is 0.429. The fourth-order valence-electron chi connectivity index (χ4n) is 3.97. The zero-order valence-corrected chi connectivity index (χ0v) is 16.4. The number of hydrogen-bond acceptors (Lipinski definition) is 4. The molecule has 2 amide bonds. The number of carbonyl (C=O) groups is 1. The van der Waals surface area contributed by atoms with Gasteiger partial charge < -0.3 is 14.8 Å². The van der Waals surface area contributed by atoms with Crippen LogP contribution in [-0.2, 0) is 13.5 Å². The van der Waals surface area contributed by atoms with E-state index in [-0.39, 0.29) is 12.1 Å². The normalized spacial score (nSPS) is 16.3. The topological polar surface area (TPSA) is 75.9 Å². The highest BCUT2D eigenvalue weighted by atomic mass is 16.2. The summed E-state index contributed by atoms with van der Waals surface area (Å²) in [5.74, 6) is 1.51. The summed E-state index contributed by atoms with van der Waals surface area (Å²) in [5, 5.41) is 3.08. The number of amides is 2. The van der Waals surface area contributed by atoms with E-state index in [0.29, 0.717) is 12.3 Å². The molecule has 3 heterocycles. The fourth-order valence-corrected chi connectivity index (χ4v) is 3.97. The van der Waals surface area contributed by atoms with E-state index in [1.807, 2.05) is 24.0 Å². The maximum Gasteiger partial charge on any atom is 0.317 e. The van der Waals surface area contributed by atoms with E-state index in [2.05, 4.69) is 39.0 Å². The van der Waals surface area contributed by atoms with Crippen LogP contribution in [0.2, 0.25) is 0 Å². The van der Waals surface area contributed by atoms with Gasteiger partial charge in [0.25, 0.3) is 0 Å². The first-order valence-corrected chi connectivity index (χ1v) is 9.83. The lowest BCUT2D eigenvalue weighted by molar-refractivity contribution is 0.177. The third-order valence-corrected chi connectivity index (χ3v) is 5.47. The lowest BCUT2D eigenvalue weighted by Crippen LogP contribution is -2.47. The number of benzene rings is 1. The number of likely N-dealkylation sites (tertiary alicyclic amines) is 1. The van der Waals surface area contributed by atoms with Gasteiger partial charge in [-0.15, -0.1) is 0 Å². The summed E-state index contributed by atoms with van der Waals surface area (Å²) < 4.78 is 2.19. The van der Waals surface area contributed by atoms with Crippen molar-refractivity contribution in [1.29, 1.82) is 0 Å². The molecule has 28 heavy (non-hydrogen) atoms. The maximum atomic E-state index is 12.6. The van der Waals surface area contributed by atoms with Crippen molar-refractivity contribution >= 4 is 17.1 Å². The summed E-state index contributed by atoms with van der Waals surface area (Å²) >= 11 is 0. The average Bonchev–Trinajstić information content (AvgIpc) is 3.05. The Labute approximate surface area is 164 Å². The van der Waals surface area contributed by atoms with Gasteiger partial charge in [0.05, 0.1) is 16.7 Å². The van der Waals surface area contributed by atoms with Gasteiger partial charge in [-0.2, -0.15) is 0 Å². The molecule has 1 aliphatic rings. The number of hydrogen-bond donors (Lipinski definition) is 1. The summed E-state index contributed by atoms with van der Waals surface area (Å²) in [7, 11) is 2.08. The summed E-state index contributed by atoms with van der Waals surface area (Å²) in [6.07, 6.45) is 7.62. The number of piperidine rings is 1. The quantitative estimate of drug-likeness (QED) is 0.757. The standard InChI is InChI=1S/C21H26N6O/c1-15(13-17-14-22-9-10-23-17)24-21(28)27-11-7-16(8-12-27)20-25-18-5-3-4-6-19(18)26(20)2/h3-6,9-10,14-16H,7-8,11-13H2,1-2H3,(H,24,28)/t15-/m1/s1. The van der Waals surface area contributed by atoms with E-state index in [1.54, 1.807) is 18.6 Å². The smallest absolute Gasteiger partial charge is 0.317 e. The Morgan fingerprint density at radius 1 is 1.25 bits per heavy atom. The third-order valence-electron chi connectivity index (χ3n) is 5.47. The second kappa shape index (κ2) is 7.96. The number of rotatable bonds is 4. The molecule has 0 spiro atoms. The minimum absolute atomic E-state index is 0.000147. The maximum absolute atomic E-state index is 12.6. The highest BCUT2D eigenvalue weighted by molar-refractivity contribution is 5.76. The van der Waals surface area contributed by atoms with E-state index in [1.165, 1.54) is 0 Å². The number of aryl methyl sites for hydroxylation is 1. The van der Waals surface area contributed by atoms with Crippen LogP contribution in [0.25, 0.3) is 11.0 Å². The Morgan fingerprint density at radius 2 is 2.04 bits per heavy atom. The number of para-hydroxylation sites is 2. The minimum atomic E-state index is -0.000147. The first-order chi connectivity index (χ1) is 13.6. The summed E-state index contributed by atoms with van der Waals surface area (Å²) in [6, 6.07) is 8.24. The largest absolute Gasteiger partial charge is 0.335 e. The van der Waals surface area contributed by atoms with E-state index in [0.717, 1.165) is 48.5 Å². The van der Waals surface area contributed by atoms with Crippen molar-refractivity contribution in [2.45, 2.75) is 38.1 Å². The molecule has 0 saturated carbocycles. The number of carbonyl (C=O) groups excluding carboxylic acids is 1. The first kappa shape index (κ1) is 18.4. The summed E-state index contributed by atoms with van der Waals surface area (Å²) in [5.41, 5.74) is 3.09. The van der Waals surface area contributed by atoms with Crippen molar-refractivity contribution in [3.8, 4) is 0 Å². The number of imidazole rings is 1. The van der Waals surface area contributed by atoms with Gasteiger partial charge in [0.1, 0.15) is 5.82 Å². The monoisotopic (exact) mass is 378 g/mol. The molecule has 0 unspecified atom stereocenters. The molecule has 0 radical (unpaired) electrons. The molecule has 2 aromatic heterocycles. The molecule has 7 heteroatoms. The van der Waals surface area contributed by atoms with Gasteiger partial charge in [0.2, 0.25) is 0 Å². The van der Waals surface area contributed by atoms with Gasteiger partial charge in [-0.05, 0) is 31.9 Å². The predicted octanol–water partition coefficient (Wildman–Crippen LogP) is 2.88. The number of urea groups is 1. The van der Waals surface area contributed by atoms with Crippen LogP contribution in [0.3, 0.4) is 0 Å². The van der Waals surface area contributed by atoms with E-state index in [9.17, 15) is 4.79 Å². The molecule has 4 rings (SSSR count). The summed E-state index contributed by atoms with van der Waals surface area (Å²) in [6.45, 7) is 3.49. The molecule has 1 fully saturated rings. The molecule has 7 nitrogen and oxygen atoms in total. The first-order valence-electron chi connectivity index (χ1n) is 9.83. The highest BCUT2D eigenvalue weighted by Crippen LogP contribution is 2.29. The Hall–Kier alpha value is -2.96. The van der Waals surface area contributed by atoms with Crippen molar-refractivity contribution in [2.75, 3.05) is 13.1 Å². The van der Waals surface area contributed by atoms with Crippen molar-refractivity contribution in [1.82, 2.24) is 29.7 Å². The Bertz CT molecular complexity index is 946. The second-order valence-corrected chi connectivity index (χ2v) is 7.53. The molecule has 1 atom stereocenters. The lowest BCUT2D eigenvalue weighted by Gasteiger charge is -2.32. The zero-order chi connectivity index (χ0) is 19.5. The minimum Gasteiger partial charge on any atom is -0.335 e. The Kier molecular flexibility index (Phi) is 5.23. The molecular formula is C21H26N6O. The van der Waals surface area contributed by atoms with Crippen molar-refractivity contribution in [2.24, 2.45) is 7.05 Å². The van der Waals surface area contributed by atoms with Crippen LogP contribution in [0.15, 0.2) is 42.9 Å². The van der Waals surface area contributed by atoms with Crippen molar-refractivity contribution in [3.63, 3.8) is 0 Å². The molecule has 3 aromatic rings. The average molecular weight is 378 g/mol. The molecule has 1 N–H and O–H groups in total. The number of nitrogens with zero attached hydrogens (tertiary/aromatic N) is 5. The van der Waals surface area contributed by atoms with E-state index < -0.39 is 0 Å². The van der Waals surface area contributed by atoms with Gasteiger partial charge in [-0.3, -0.25) is 9.97 Å². The van der Waals surface area contributed by atoms with E-state index >= 15 is 0 Å². The molecule has 0 aliphatic carbocycles. The van der Waals surface area contributed by atoms with Crippen LogP contribution < -0.4 is 5.32 Å². The van der Waals surface area contributed by atoms with Crippen LogP contribution >= 0.6 is 0 Å². The molecule has 1 aromatic carbocycles. The molecule has 146 valence electrons. The van der Waals surface area contributed by atoms with Gasteiger partial charge in [-0.25, -0.2) is 9.78 Å². The van der Waals surface area contributed by atoms with Crippen LogP contribution in [-0.4, -0.2) is 49.6 Å². The predicted molar refractivity (Wildman–Crippen MR) is 108 cm³/mol. The molecular weight excluding hydrogens is 352 g/mol. The highest BCUT2D eigenvalue weighted by Gasteiger charge is 2.27. The van der Waals surface area contributed by atoms with Crippen LogP contribution in [0.5, 0.6) is 0 Å². The second-order valence-electron chi connectivity index (χ2n) is 7.53. The third kappa shape index (κ3) is 3.83. The van der Waals surface area contributed by atoms with Crippen LogP contribution in [0, 0.1) is 0 Å². The van der Waals surface area contributed by atoms with Gasteiger partial charge in [0, 0.05) is 57.1 Å². The van der Waals surface area contributed by atoms with Crippen molar-refractivity contribution < 1.29 is 4.79 Å². The zero-order valence-electron chi connectivity index (χ0n) is 16.4. The number of fused-ring (bicyclic) bond motifs is 1. The lowest BCUT2D eigenvalue weighted by atomic mass is 9.96. The molecule has 1 saturated heterocycles. The van der Waals surface area contributed by atoms with E-state index in [4.69, 9.17) is 4.98 Å². The summed E-state index contributed by atoms with van der Waals surface area (Å²) in [4.78, 5) is 27.7. The van der Waals surface area contributed by atoms with Gasteiger partial charge >= 0.3 is 6.03 Å². The number of aromatic nitrogens is 4. The Morgan fingerprint density at radius 3 is 2.75 bits per heavy atom. The molecule has 0 bridgehead atoms. The van der Waals surface area contributed by atoms with Crippen LogP contribution in [0.1, 0.15) is 37.2 Å².